The maximum absolute atomic E-state index is 13.0. The third kappa shape index (κ3) is 3.47. The molecule has 0 amide bonds. The molecule has 2 aliphatic rings. The van der Waals surface area contributed by atoms with Crippen LogP contribution >= 0.6 is 0 Å². The molecule has 1 aromatic heterocycles. The van der Waals surface area contributed by atoms with Gasteiger partial charge in [0.25, 0.3) is 0 Å². The van der Waals surface area contributed by atoms with Crippen LogP contribution in [0.25, 0.3) is 0 Å². The van der Waals surface area contributed by atoms with Gasteiger partial charge in [-0.2, -0.15) is 4.31 Å². The molecule has 25 heavy (non-hydrogen) atoms. The predicted octanol–water partition coefficient (Wildman–Crippen LogP) is -0.855. The molecule has 1 aromatic rings. The number of ether oxygens (including phenoxy) is 1. The number of pyridine rings is 1. The van der Waals surface area contributed by atoms with Gasteiger partial charge in [-0.1, -0.05) is 6.07 Å². The Hall–Kier alpha value is -1.75. The fourth-order valence-electron chi connectivity index (χ4n) is 3.25. The predicted molar refractivity (Wildman–Crippen MR) is 92.0 cm³/mol. The van der Waals surface area contributed by atoms with Gasteiger partial charge in [0.15, 0.2) is 5.37 Å². The third-order valence-electron chi connectivity index (χ3n) is 4.68. The summed E-state index contributed by atoms with van der Waals surface area (Å²) < 4.78 is 32.2. The zero-order chi connectivity index (χ0) is 18.0. The van der Waals surface area contributed by atoms with E-state index in [-0.39, 0.29) is 6.04 Å². The first-order valence-electron chi connectivity index (χ1n) is 8.19. The van der Waals surface area contributed by atoms with Crippen molar-refractivity contribution in [1.82, 2.24) is 20.1 Å². The Morgan fingerprint density at radius 1 is 1.24 bits per heavy atom. The molecule has 0 radical (unpaired) electrons. The minimum absolute atomic E-state index is 0.331. The highest BCUT2D eigenvalue weighted by atomic mass is 32.2. The Morgan fingerprint density at radius 2 is 1.96 bits per heavy atom. The number of nitrogens with one attached hydrogen (secondary N) is 2. The first-order chi connectivity index (χ1) is 11.9. The van der Waals surface area contributed by atoms with Gasteiger partial charge in [-0.05, 0) is 19.1 Å². The van der Waals surface area contributed by atoms with E-state index in [4.69, 9.17) is 4.74 Å². The van der Waals surface area contributed by atoms with Crippen LogP contribution in [0.4, 0.5) is 5.82 Å². The molecule has 10 heteroatoms. The fourth-order valence-corrected chi connectivity index (χ4v) is 5.18. The van der Waals surface area contributed by atoms with E-state index in [0.717, 1.165) is 5.82 Å². The molecular weight excluding hydrogens is 346 g/mol. The lowest BCUT2D eigenvalue weighted by Gasteiger charge is -2.36. The summed E-state index contributed by atoms with van der Waals surface area (Å²) in [5, 5.41) is -1.03. The van der Waals surface area contributed by atoms with Gasteiger partial charge in [-0.15, -0.1) is 0 Å². The van der Waals surface area contributed by atoms with E-state index in [1.165, 1.54) is 11.4 Å². The van der Waals surface area contributed by atoms with Gasteiger partial charge in [0, 0.05) is 38.4 Å². The van der Waals surface area contributed by atoms with Gasteiger partial charge < -0.3 is 9.64 Å². The minimum Gasteiger partial charge on any atom is -0.469 e. The van der Waals surface area contributed by atoms with Crippen molar-refractivity contribution in [3.63, 3.8) is 0 Å². The topological polar surface area (TPSA) is 104 Å². The normalized spacial score (nSPS) is 28.1. The third-order valence-corrected chi connectivity index (χ3v) is 6.82. The summed E-state index contributed by atoms with van der Waals surface area (Å²) in [6, 6.07) is 5.32. The summed E-state index contributed by atoms with van der Waals surface area (Å²) in [6.07, 6.45) is 1.72. The highest BCUT2D eigenvalue weighted by Gasteiger charge is 2.49. The molecule has 9 nitrogen and oxygen atoms in total. The highest BCUT2D eigenvalue weighted by molar-refractivity contribution is 7.89. The number of methoxy groups -OCH3 is 1. The molecule has 0 saturated carbocycles. The first kappa shape index (κ1) is 18.1. The molecule has 3 heterocycles. The second kappa shape index (κ2) is 7.24. The lowest BCUT2D eigenvalue weighted by Crippen LogP contribution is -2.55. The SMILES string of the molecule is COC(=O)C1C(C)NNC1S(=O)(=O)N1CCN(c2ccccn2)CC1. The monoisotopic (exact) mass is 369 g/mol. The smallest absolute Gasteiger partial charge is 0.313 e. The van der Waals surface area contributed by atoms with Crippen molar-refractivity contribution >= 4 is 21.8 Å². The van der Waals surface area contributed by atoms with Gasteiger partial charge in [0.2, 0.25) is 10.0 Å². The van der Waals surface area contributed by atoms with Crippen molar-refractivity contribution in [1.29, 1.82) is 0 Å². The molecule has 2 saturated heterocycles. The lowest BCUT2D eigenvalue weighted by atomic mass is 10.0. The molecule has 2 N–H and O–H groups in total. The van der Waals surface area contributed by atoms with Crippen LogP contribution < -0.4 is 15.8 Å². The second-order valence-electron chi connectivity index (χ2n) is 6.17. The molecule has 0 aromatic carbocycles. The quantitative estimate of drug-likeness (QED) is 0.661. The van der Waals surface area contributed by atoms with Gasteiger partial charge in [0.1, 0.15) is 11.7 Å². The number of piperazine rings is 1. The van der Waals surface area contributed by atoms with Crippen molar-refractivity contribution in [2.45, 2.75) is 18.3 Å². The molecule has 2 fully saturated rings. The zero-order valence-corrected chi connectivity index (χ0v) is 15.1. The van der Waals surface area contributed by atoms with Crippen molar-refractivity contribution in [2.24, 2.45) is 5.92 Å². The molecule has 0 spiro atoms. The van der Waals surface area contributed by atoms with Crippen LogP contribution in [-0.2, 0) is 19.6 Å². The van der Waals surface area contributed by atoms with E-state index < -0.39 is 27.3 Å². The molecule has 2 aliphatic heterocycles. The Morgan fingerprint density at radius 3 is 2.56 bits per heavy atom. The van der Waals surface area contributed by atoms with E-state index >= 15 is 0 Å². The molecule has 0 aliphatic carbocycles. The number of hydrazine groups is 1. The second-order valence-corrected chi connectivity index (χ2v) is 8.22. The number of hydrogen-bond acceptors (Lipinski definition) is 8. The van der Waals surface area contributed by atoms with Gasteiger partial charge >= 0.3 is 5.97 Å². The Balaban J connectivity index is 1.70. The van der Waals surface area contributed by atoms with Crippen molar-refractivity contribution < 1.29 is 17.9 Å². The molecular formula is C15H23N5O4S. The average molecular weight is 369 g/mol. The van der Waals surface area contributed by atoms with Crippen LogP contribution in [0.2, 0.25) is 0 Å². The molecule has 0 bridgehead atoms. The first-order valence-corrected chi connectivity index (χ1v) is 9.69. The maximum Gasteiger partial charge on any atom is 0.313 e. The molecule has 138 valence electrons. The highest BCUT2D eigenvalue weighted by Crippen LogP contribution is 2.25. The van der Waals surface area contributed by atoms with Gasteiger partial charge in [0.05, 0.1) is 7.11 Å². The molecule has 3 atom stereocenters. The Bertz CT molecular complexity index is 706. The summed E-state index contributed by atoms with van der Waals surface area (Å²) in [6.45, 7) is 3.55. The van der Waals surface area contributed by atoms with Crippen LogP contribution in [0.1, 0.15) is 6.92 Å². The van der Waals surface area contributed by atoms with Gasteiger partial charge in [-0.25, -0.2) is 18.8 Å². The standard InChI is InChI=1S/C15H23N5O4S/c1-11-13(15(21)24-2)14(18-17-11)25(22,23)20-9-7-19(8-10-20)12-5-3-4-6-16-12/h3-6,11,13-14,17-18H,7-10H2,1-2H3. The van der Waals surface area contributed by atoms with Crippen molar-refractivity contribution in [3.8, 4) is 0 Å². The molecule has 3 rings (SSSR count). The fraction of sp³-hybridized carbons (Fsp3) is 0.600. The number of aromatic nitrogens is 1. The average Bonchev–Trinajstić information content (AvgIpc) is 3.04. The van der Waals surface area contributed by atoms with Crippen LogP contribution in [0.5, 0.6) is 0 Å². The number of esters is 1. The molecule has 3 unspecified atom stereocenters. The van der Waals surface area contributed by atoms with E-state index in [1.54, 1.807) is 13.1 Å². The lowest BCUT2D eigenvalue weighted by molar-refractivity contribution is -0.145. The Labute approximate surface area is 147 Å². The maximum atomic E-state index is 13.0. The van der Waals surface area contributed by atoms with Crippen LogP contribution in [0.3, 0.4) is 0 Å². The number of carbonyl (C=O) groups excluding carboxylic acids is 1. The summed E-state index contributed by atoms with van der Waals surface area (Å²) in [5.41, 5.74) is 5.58. The Kier molecular flexibility index (Phi) is 5.23. The summed E-state index contributed by atoms with van der Waals surface area (Å²) in [7, 11) is -2.43. The number of anilines is 1. The van der Waals surface area contributed by atoms with E-state index in [9.17, 15) is 13.2 Å². The summed E-state index contributed by atoms with van der Waals surface area (Å²) >= 11 is 0. The van der Waals surface area contributed by atoms with E-state index in [1.807, 2.05) is 23.1 Å². The van der Waals surface area contributed by atoms with Crippen LogP contribution in [0, 0.1) is 5.92 Å². The van der Waals surface area contributed by atoms with Crippen molar-refractivity contribution in [2.75, 3.05) is 38.2 Å². The minimum atomic E-state index is -3.69. The zero-order valence-electron chi connectivity index (χ0n) is 14.3. The van der Waals surface area contributed by atoms with E-state index in [0.29, 0.717) is 26.2 Å². The summed E-state index contributed by atoms with van der Waals surface area (Å²) in [4.78, 5) is 18.3. The number of nitrogens with zero attached hydrogens (tertiary/aromatic N) is 3. The summed E-state index contributed by atoms with van der Waals surface area (Å²) in [5.74, 6) is -0.490. The number of sulfonamides is 1. The largest absolute Gasteiger partial charge is 0.469 e. The van der Waals surface area contributed by atoms with Gasteiger partial charge in [-0.3, -0.25) is 10.2 Å². The number of hydrogen-bond donors (Lipinski definition) is 2. The van der Waals surface area contributed by atoms with Crippen LogP contribution in [0.15, 0.2) is 24.4 Å². The van der Waals surface area contributed by atoms with E-state index in [2.05, 4.69) is 15.8 Å². The number of carbonyl (C=O) groups is 1. The van der Waals surface area contributed by atoms with Crippen molar-refractivity contribution in [3.05, 3.63) is 24.4 Å². The number of rotatable bonds is 4. The van der Waals surface area contributed by atoms with Crippen LogP contribution in [-0.4, -0.2) is 68.4 Å².